The smallest absolute Gasteiger partial charge is 0.390 e. The van der Waals surface area contributed by atoms with Gasteiger partial charge in [-0.1, -0.05) is 66.2 Å². The number of carbonyl (C=O) groups excluding carboxylic acids is 1. The summed E-state index contributed by atoms with van der Waals surface area (Å²) >= 11 is 7.16. The Bertz CT molecular complexity index is 1250. The molecule has 156 valence electrons. The van der Waals surface area contributed by atoms with E-state index < -0.39 is 11.7 Å². The van der Waals surface area contributed by atoms with Crippen molar-refractivity contribution >= 4 is 33.7 Å². The first-order chi connectivity index (χ1) is 14.8. The lowest BCUT2D eigenvalue weighted by molar-refractivity contribution is -0.137. The molecule has 0 bridgehead atoms. The highest BCUT2D eigenvalue weighted by molar-refractivity contribution is 7.20. The maximum Gasteiger partial charge on any atom is 0.416 e. The van der Waals surface area contributed by atoms with Crippen molar-refractivity contribution in [3.63, 3.8) is 0 Å². The summed E-state index contributed by atoms with van der Waals surface area (Å²) < 4.78 is 40.1. The molecule has 0 saturated carbocycles. The van der Waals surface area contributed by atoms with Crippen LogP contribution in [0.2, 0.25) is 5.02 Å². The monoisotopic (exact) mass is 457 g/mol. The van der Waals surface area contributed by atoms with Gasteiger partial charge in [-0.3, -0.25) is 4.79 Å². The predicted octanol–water partition coefficient (Wildman–Crippen LogP) is 7.57. The second kappa shape index (κ2) is 8.21. The molecule has 0 saturated heterocycles. The Morgan fingerprint density at radius 3 is 2.19 bits per heavy atom. The molecule has 4 aromatic rings. The molecule has 0 aliphatic carbocycles. The number of nitrogens with two attached hydrogens (primary N) is 1. The summed E-state index contributed by atoms with van der Waals surface area (Å²) in [6.45, 7) is 0. The minimum atomic E-state index is -4.51. The lowest BCUT2D eigenvalue weighted by Gasteiger charge is -2.12. The highest BCUT2D eigenvalue weighted by Crippen LogP contribution is 2.46. The van der Waals surface area contributed by atoms with Gasteiger partial charge in [0.05, 0.1) is 16.1 Å². The molecule has 2 N–H and O–H groups in total. The number of nitrogen functional groups attached to an aromatic ring is 1. The Morgan fingerprint density at radius 2 is 1.55 bits per heavy atom. The van der Waals surface area contributed by atoms with Crippen LogP contribution in [0.25, 0.3) is 21.6 Å². The third-order valence-corrected chi connectivity index (χ3v) is 6.10. The molecule has 31 heavy (non-hydrogen) atoms. The molecule has 0 atom stereocenters. The lowest BCUT2D eigenvalue weighted by atomic mass is 9.92. The van der Waals surface area contributed by atoms with Crippen molar-refractivity contribution in [1.29, 1.82) is 0 Å². The minimum Gasteiger partial charge on any atom is -0.390 e. The number of thiophene rings is 1. The van der Waals surface area contributed by atoms with Crippen molar-refractivity contribution in [2.45, 2.75) is 6.18 Å². The summed E-state index contributed by atoms with van der Waals surface area (Å²) in [5.41, 5.74) is 7.42. The van der Waals surface area contributed by atoms with Crippen molar-refractivity contribution < 1.29 is 18.0 Å². The van der Waals surface area contributed by atoms with Crippen LogP contribution in [0.3, 0.4) is 0 Å². The van der Waals surface area contributed by atoms with Gasteiger partial charge in [0.15, 0.2) is 5.78 Å². The van der Waals surface area contributed by atoms with Crippen LogP contribution < -0.4 is 5.73 Å². The Labute approximate surface area is 185 Å². The van der Waals surface area contributed by atoms with Crippen LogP contribution in [0, 0.1) is 0 Å². The minimum absolute atomic E-state index is 0.195. The van der Waals surface area contributed by atoms with E-state index >= 15 is 0 Å². The second-order valence-electron chi connectivity index (χ2n) is 6.83. The number of carbonyl (C=O) groups is 1. The Kier molecular flexibility index (Phi) is 5.60. The molecule has 0 spiro atoms. The molecule has 0 aliphatic rings. The summed E-state index contributed by atoms with van der Waals surface area (Å²) in [5.74, 6) is -0.345. The molecule has 1 heterocycles. The summed E-state index contributed by atoms with van der Waals surface area (Å²) in [4.78, 5) is 13.9. The molecular formula is C24H15ClF3NOS. The van der Waals surface area contributed by atoms with Gasteiger partial charge in [-0.2, -0.15) is 13.2 Å². The summed E-state index contributed by atoms with van der Waals surface area (Å²) in [5, 5.41) is 0.765. The lowest BCUT2D eigenvalue weighted by Crippen LogP contribution is -2.06. The molecule has 7 heteroatoms. The zero-order chi connectivity index (χ0) is 22.2. The maximum absolute atomic E-state index is 13.4. The fourth-order valence-corrected chi connectivity index (χ4v) is 4.56. The van der Waals surface area contributed by atoms with E-state index in [1.165, 1.54) is 6.07 Å². The van der Waals surface area contributed by atoms with Crippen molar-refractivity contribution in [3.05, 3.63) is 101 Å². The first-order valence-corrected chi connectivity index (χ1v) is 10.4. The van der Waals surface area contributed by atoms with Crippen LogP contribution in [0.15, 0.2) is 78.9 Å². The molecule has 0 aliphatic heterocycles. The van der Waals surface area contributed by atoms with E-state index in [9.17, 15) is 18.0 Å². The van der Waals surface area contributed by atoms with Crippen LogP contribution in [0.5, 0.6) is 0 Å². The van der Waals surface area contributed by atoms with Crippen molar-refractivity contribution in [1.82, 2.24) is 0 Å². The Hall–Kier alpha value is -3.09. The Morgan fingerprint density at radius 1 is 0.871 bits per heavy atom. The third kappa shape index (κ3) is 4.22. The highest BCUT2D eigenvalue weighted by Gasteiger charge is 2.32. The molecular weight excluding hydrogens is 443 g/mol. The molecule has 1 aromatic heterocycles. The van der Waals surface area contributed by atoms with Gasteiger partial charge in [-0.05, 0) is 35.4 Å². The molecule has 0 radical (unpaired) electrons. The van der Waals surface area contributed by atoms with Crippen LogP contribution in [-0.4, -0.2) is 5.78 Å². The largest absolute Gasteiger partial charge is 0.416 e. The number of hydrogen-bond acceptors (Lipinski definition) is 3. The normalized spacial score (nSPS) is 11.5. The zero-order valence-electron chi connectivity index (χ0n) is 15.9. The van der Waals surface area contributed by atoms with E-state index in [2.05, 4.69) is 0 Å². The number of ketones is 1. The fraction of sp³-hybridized carbons (Fsp3) is 0.0417. The summed E-state index contributed by atoms with van der Waals surface area (Å²) in [6.07, 6.45) is -4.51. The van der Waals surface area contributed by atoms with E-state index in [0.717, 1.165) is 23.5 Å². The van der Waals surface area contributed by atoms with Gasteiger partial charge in [-0.15, -0.1) is 11.3 Å². The van der Waals surface area contributed by atoms with Crippen LogP contribution in [0.4, 0.5) is 18.2 Å². The Balaban J connectivity index is 1.99. The van der Waals surface area contributed by atoms with Crippen LogP contribution in [0.1, 0.15) is 21.5 Å². The van der Waals surface area contributed by atoms with Gasteiger partial charge in [0.2, 0.25) is 0 Å². The number of rotatable bonds is 4. The predicted molar refractivity (Wildman–Crippen MR) is 119 cm³/mol. The SMILES string of the molecule is Nc1sc(-c2ccc(Cl)cc2)c(-c2cccc(C(F)(F)F)c2)c1C(=O)c1ccccc1. The van der Waals surface area contributed by atoms with Gasteiger partial charge >= 0.3 is 6.18 Å². The molecule has 2 nitrogen and oxygen atoms in total. The van der Waals surface area contributed by atoms with E-state index in [1.807, 2.05) is 0 Å². The van der Waals surface area contributed by atoms with E-state index in [-0.39, 0.29) is 21.9 Å². The molecule has 0 unspecified atom stereocenters. The number of halogens is 4. The van der Waals surface area contributed by atoms with Gasteiger partial charge in [0.1, 0.15) is 0 Å². The number of benzene rings is 3. The first kappa shape index (κ1) is 21.2. The average molecular weight is 458 g/mol. The van der Waals surface area contributed by atoms with E-state index in [0.29, 0.717) is 26.6 Å². The topological polar surface area (TPSA) is 43.1 Å². The number of anilines is 1. The molecule has 3 aromatic carbocycles. The van der Waals surface area contributed by atoms with Crippen molar-refractivity contribution in [3.8, 4) is 21.6 Å². The zero-order valence-corrected chi connectivity index (χ0v) is 17.5. The van der Waals surface area contributed by atoms with Crippen LogP contribution in [-0.2, 0) is 6.18 Å². The summed E-state index contributed by atoms with van der Waals surface area (Å²) in [7, 11) is 0. The van der Waals surface area contributed by atoms with Gasteiger partial charge < -0.3 is 5.73 Å². The molecule has 4 rings (SSSR count). The highest BCUT2D eigenvalue weighted by atomic mass is 35.5. The van der Waals surface area contributed by atoms with Gasteiger partial charge in [-0.25, -0.2) is 0 Å². The van der Waals surface area contributed by atoms with Crippen molar-refractivity contribution in [2.75, 3.05) is 5.73 Å². The van der Waals surface area contributed by atoms with E-state index in [4.69, 9.17) is 17.3 Å². The van der Waals surface area contributed by atoms with Crippen molar-refractivity contribution in [2.24, 2.45) is 0 Å². The van der Waals surface area contributed by atoms with Crippen LogP contribution >= 0.6 is 22.9 Å². The quantitative estimate of drug-likeness (QED) is 0.321. The second-order valence-corrected chi connectivity index (χ2v) is 8.31. The first-order valence-electron chi connectivity index (χ1n) is 9.21. The molecule has 0 fully saturated rings. The number of hydrogen-bond donors (Lipinski definition) is 1. The number of alkyl halides is 3. The third-order valence-electron chi connectivity index (χ3n) is 4.78. The fourth-order valence-electron chi connectivity index (χ4n) is 3.34. The standard InChI is InChI=1S/C24H15ClF3NOS/c25-18-11-9-15(10-12-18)22-19(16-7-4-8-17(13-16)24(26,27)28)20(23(29)31-22)21(30)14-5-2-1-3-6-14/h1-13H,29H2. The maximum atomic E-state index is 13.4. The van der Waals surface area contributed by atoms with Gasteiger partial charge in [0.25, 0.3) is 0 Å². The van der Waals surface area contributed by atoms with E-state index in [1.54, 1.807) is 60.7 Å². The average Bonchev–Trinajstić information content (AvgIpc) is 3.11. The van der Waals surface area contributed by atoms with Gasteiger partial charge in [0, 0.05) is 21.0 Å². The molecule has 0 amide bonds. The summed E-state index contributed by atoms with van der Waals surface area (Å²) in [6, 6.07) is 20.3.